The number of fused-ring (bicyclic) bond motifs is 1. The molecule has 4 rings (SSSR count). The van der Waals surface area contributed by atoms with Gasteiger partial charge in [0.1, 0.15) is 0 Å². The van der Waals surface area contributed by atoms with Gasteiger partial charge >= 0.3 is 0 Å². The Balaban J connectivity index is 1.42. The Bertz CT molecular complexity index is 820. The lowest BCUT2D eigenvalue weighted by Gasteiger charge is -2.33. The van der Waals surface area contributed by atoms with Gasteiger partial charge < -0.3 is 19.3 Å². The molecule has 0 atom stereocenters. The summed E-state index contributed by atoms with van der Waals surface area (Å²) in [4.78, 5) is 16.6. The van der Waals surface area contributed by atoms with Crippen molar-refractivity contribution in [2.24, 2.45) is 0 Å². The molecule has 2 aromatic rings. The summed E-state index contributed by atoms with van der Waals surface area (Å²) in [7, 11) is 5.50. The van der Waals surface area contributed by atoms with Gasteiger partial charge in [-0.15, -0.1) is 0 Å². The minimum Gasteiger partial charge on any atom is -0.493 e. The van der Waals surface area contributed by atoms with Crippen LogP contribution < -0.4 is 14.4 Å². The van der Waals surface area contributed by atoms with Crippen LogP contribution in [-0.2, 0) is 19.5 Å². The van der Waals surface area contributed by atoms with Gasteiger partial charge in [0.15, 0.2) is 11.5 Å². The zero-order chi connectivity index (χ0) is 19.5. The molecule has 0 radical (unpaired) electrons. The summed E-state index contributed by atoms with van der Waals surface area (Å²) in [5.41, 5.74) is 3.66. The lowest BCUT2D eigenvalue weighted by Crippen LogP contribution is -2.45. The predicted octanol–water partition coefficient (Wildman–Crippen LogP) is 1.80. The number of nitrogens with zero attached hydrogens (tertiary/aromatic N) is 5. The standard InChI is InChI=1S/C21H29N5O2/c1-24-8-10-26(11-9-24)21-22-13-17-15-25(7-6-18(17)23-21)14-16-4-5-19(27-2)20(12-16)28-3/h4-5,12-13H,6-11,14-15H2,1-3H3. The van der Waals surface area contributed by atoms with Crippen LogP contribution in [0.1, 0.15) is 16.8 Å². The van der Waals surface area contributed by atoms with Gasteiger partial charge in [-0.2, -0.15) is 0 Å². The average Bonchev–Trinajstić information content (AvgIpc) is 2.74. The highest BCUT2D eigenvalue weighted by Crippen LogP contribution is 2.29. The zero-order valence-corrected chi connectivity index (χ0v) is 17.0. The first-order valence-corrected chi connectivity index (χ1v) is 9.88. The van der Waals surface area contributed by atoms with Crippen molar-refractivity contribution in [1.82, 2.24) is 19.8 Å². The molecule has 1 fully saturated rings. The third kappa shape index (κ3) is 4.05. The molecule has 0 amide bonds. The topological polar surface area (TPSA) is 54.0 Å². The maximum absolute atomic E-state index is 5.43. The first kappa shape index (κ1) is 19.0. The highest BCUT2D eigenvalue weighted by Gasteiger charge is 2.22. The van der Waals surface area contributed by atoms with Gasteiger partial charge in [0, 0.05) is 64.0 Å². The van der Waals surface area contributed by atoms with Crippen LogP contribution in [0.15, 0.2) is 24.4 Å². The van der Waals surface area contributed by atoms with Crippen LogP contribution in [0.4, 0.5) is 5.95 Å². The minimum absolute atomic E-state index is 0.764. The normalized spacial score (nSPS) is 18.0. The van der Waals surface area contributed by atoms with Gasteiger partial charge in [-0.1, -0.05) is 6.07 Å². The monoisotopic (exact) mass is 383 g/mol. The van der Waals surface area contributed by atoms with E-state index < -0.39 is 0 Å². The van der Waals surface area contributed by atoms with Gasteiger partial charge in [0.2, 0.25) is 5.95 Å². The van der Waals surface area contributed by atoms with Crippen LogP contribution in [0.25, 0.3) is 0 Å². The number of likely N-dealkylation sites (N-methyl/N-ethyl adjacent to an activating group) is 1. The molecule has 2 aliphatic heterocycles. The molecule has 28 heavy (non-hydrogen) atoms. The van der Waals surface area contributed by atoms with Crippen LogP contribution in [0, 0.1) is 0 Å². The Kier molecular flexibility index (Phi) is 5.64. The van der Waals surface area contributed by atoms with E-state index in [4.69, 9.17) is 14.5 Å². The fourth-order valence-electron chi connectivity index (χ4n) is 3.90. The number of piperazine rings is 1. The number of aromatic nitrogens is 2. The maximum Gasteiger partial charge on any atom is 0.225 e. The second kappa shape index (κ2) is 8.32. The molecule has 2 aliphatic rings. The van der Waals surface area contributed by atoms with Gasteiger partial charge in [0.05, 0.1) is 19.9 Å². The summed E-state index contributed by atoms with van der Waals surface area (Å²) in [6.07, 6.45) is 2.99. The number of anilines is 1. The van der Waals surface area contributed by atoms with Gasteiger partial charge in [-0.05, 0) is 24.7 Å². The highest BCUT2D eigenvalue weighted by molar-refractivity contribution is 5.43. The first-order valence-electron chi connectivity index (χ1n) is 9.88. The van der Waals surface area contributed by atoms with E-state index in [9.17, 15) is 0 Å². The Morgan fingerprint density at radius 3 is 2.54 bits per heavy atom. The number of ether oxygens (including phenoxy) is 2. The van der Waals surface area contributed by atoms with Crippen molar-refractivity contribution in [3.63, 3.8) is 0 Å². The Labute approximate surface area is 166 Å². The van der Waals surface area contributed by atoms with Crippen molar-refractivity contribution in [2.45, 2.75) is 19.5 Å². The molecular formula is C21H29N5O2. The number of hydrogen-bond acceptors (Lipinski definition) is 7. The van der Waals surface area contributed by atoms with Crippen LogP contribution in [0.2, 0.25) is 0 Å². The van der Waals surface area contributed by atoms with Gasteiger partial charge in [-0.3, -0.25) is 4.90 Å². The SMILES string of the molecule is COc1ccc(CN2CCc3nc(N4CCN(C)CC4)ncc3C2)cc1OC. The Morgan fingerprint density at radius 2 is 1.79 bits per heavy atom. The predicted molar refractivity (Wildman–Crippen MR) is 109 cm³/mol. The molecule has 7 heteroatoms. The molecule has 0 bridgehead atoms. The number of hydrogen-bond donors (Lipinski definition) is 0. The minimum atomic E-state index is 0.764. The third-order valence-electron chi connectivity index (χ3n) is 5.64. The van der Waals surface area contributed by atoms with E-state index in [0.29, 0.717) is 0 Å². The highest BCUT2D eigenvalue weighted by atomic mass is 16.5. The Hall–Kier alpha value is -2.38. The van der Waals surface area contributed by atoms with E-state index in [1.807, 2.05) is 12.3 Å². The fourth-order valence-corrected chi connectivity index (χ4v) is 3.90. The van der Waals surface area contributed by atoms with E-state index in [2.05, 4.69) is 38.9 Å². The second-order valence-electron chi connectivity index (χ2n) is 7.58. The van der Waals surface area contributed by atoms with Crippen molar-refractivity contribution in [3.8, 4) is 11.5 Å². The molecule has 0 aliphatic carbocycles. The third-order valence-corrected chi connectivity index (χ3v) is 5.64. The summed E-state index contributed by atoms with van der Waals surface area (Å²) in [5.74, 6) is 2.43. The average molecular weight is 383 g/mol. The summed E-state index contributed by atoms with van der Waals surface area (Å²) >= 11 is 0. The molecule has 7 nitrogen and oxygen atoms in total. The Morgan fingerprint density at radius 1 is 1.00 bits per heavy atom. The van der Waals surface area contributed by atoms with Crippen LogP contribution in [-0.4, -0.2) is 73.8 Å². The van der Waals surface area contributed by atoms with E-state index in [1.54, 1.807) is 14.2 Å². The number of benzene rings is 1. The van der Waals surface area contributed by atoms with E-state index in [1.165, 1.54) is 16.8 Å². The van der Waals surface area contributed by atoms with Crippen molar-refractivity contribution in [2.75, 3.05) is 58.9 Å². The van der Waals surface area contributed by atoms with Gasteiger partial charge in [0.25, 0.3) is 0 Å². The molecular weight excluding hydrogens is 354 g/mol. The summed E-state index contributed by atoms with van der Waals surface area (Å²) in [5, 5.41) is 0. The smallest absolute Gasteiger partial charge is 0.225 e. The summed E-state index contributed by atoms with van der Waals surface area (Å²) < 4.78 is 10.8. The number of rotatable bonds is 5. The summed E-state index contributed by atoms with van der Waals surface area (Å²) in [6.45, 7) is 6.90. The van der Waals surface area contributed by atoms with E-state index >= 15 is 0 Å². The van der Waals surface area contributed by atoms with Gasteiger partial charge in [-0.25, -0.2) is 9.97 Å². The van der Waals surface area contributed by atoms with Crippen LogP contribution in [0.5, 0.6) is 11.5 Å². The molecule has 1 saturated heterocycles. The molecule has 0 saturated carbocycles. The van der Waals surface area contributed by atoms with E-state index in [0.717, 1.165) is 69.7 Å². The molecule has 3 heterocycles. The molecule has 0 unspecified atom stereocenters. The maximum atomic E-state index is 5.43. The number of methoxy groups -OCH3 is 2. The van der Waals surface area contributed by atoms with Crippen LogP contribution in [0.3, 0.4) is 0 Å². The molecule has 0 spiro atoms. The van der Waals surface area contributed by atoms with E-state index in [-0.39, 0.29) is 0 Å². The molecule has 150 valence electrons. The summed E-state index contributed by atoms with van der Waals surface area (Å²) in [6, 6.07) is 6.13. The lowest BCUT2D eigenvalue weighted by atomic mass is 10.1. The first-order chi connectivity index (χ1) is 13.7. The van der Waals surface area contributed by atoms with Crippen molar-refractivity contribution in [1.29, 1.82) is 0 Å². The molecule has 1 aromatic carbocycles. The lowest BCUT2D eigenvalue weighted by molar-refractivity contribution is 0.242. The second-order valence-corrected chi connectivity index (χ2v) is 7.58. The van der Waals surface area contributed by atoms with Crippen molar-refractivity contribution in [3.05, 3.63) is 41.2 Å². The molecule has 1 aromatic heterocycles. The largest absolute Gasteiger partial charge is 0.493 e. The van der Waals surface area contributed by atoms with Crippen molar-refractivity contribution < 1.29 is 9.47 Å². The quantitative estimate of drug-likeness (QED) is 0.780. The van der Waals surface area contributed by atoms with Crippen LogP contribution >= 0.6 is 0 Å². The van der Waals surface area contributed by atoms with Crippen molar-refractivity contribution >= 4 is 5.95 Å². The fraction of sp³-hybridized carbons (Fsp3) is 0.524. The molecule has 0 N–H and O–H groups in total. The zero-order valence-electron chi connectivity index (χ0n) is 17.0.